The summed E-state index contributed by atoms with van der Waals surface area (Å²) in [6.07, 6.45) is 14.6. The molecule has 266 valence electrons. The summed E-state index contributed by atoms with van der Waals surface area (Å²) in [5.74, 6) is 4.24. The van der Waals surface area contributed by atoms with Crippen molar-refractivity contribution < 1.29 is 47.4 Å². The van der Waals surface area contributed by atoms with Crippen molar-refractivity contribution >= 4 is 0 Å². The molecule has 5 aliphatic carbocycles. The summed E-state index contributed by atoms with van der Waals surface area (Å²) in [5, 5.41) is 0. The van der Waals surface area contributed by atoms with Crippen LogP contribution in [0.2, 0.25) is 0 Å². The van der Waals surface area contributed by atoms with Crippen LogP contribution < -0.4 is 0 Å². The summed E-state index contributed by atoms with van der Waals surface area (Å²) in [5.41, 5.74) is 0. The first-order valence-electron chi connectivity index (χ1n) is 16.6. The van der Waals surface area contributed by atoms with E-state index in [9.17, 15) is 0 Å². The third kappa shape index (κ3) is 20.0. The van der Waals surface area contributed by atoms with Gasteiger partial charge in [0.05, 0.1) is 12.2 Å². The Morgan fingerprint density at radius 2 is 1.05 bits per heavy atom. The summed E-state index contributed by atoms with van der Waals surface area (Å²) in [7, 11) is 11.5. The predicted octanol–water partition coefficient (Wildman–Crippen LogP) is 6.88. The van der Waals surface area contributed by atoms with Crippen molar-refractivity contribution in [2.45, 2.75) is 117 Å². The summed E-state index contributed by atoms with van der Waals surface area (Å²) in [4.78, 5) is 0. The van der Waals surface area contributed by atoms with Crippen molar-refractivity contribution in [1.29, 1.82) is 0 Å². The molecule has 0 aromatic heterocycles. The van der Waals surface area contributed by atoms with E-state index in [4.69, 9.17) is 37.9 Å². The molecule has 0 N–H and O–H groups in total. The number of rotatable bonds is 14. The van der Waals surface area contributed by atoms with Gasteiger partial charge in [-0.2, -0.15) is 0 Å². The van der Waals surface area contributed by atoms with Crippen LogP contribution in [0.3, 0.4) is 0 Å². The molecule has 5 rings (SSSR count). The van der Waals surface area contributed by atoms with Crippen molar-refractivity contribution in [1.82, 2.24) is 0 Å². The van der Waals surface area contributed by atoms with Gasteiger partial charge in [0.15, 0.2) is 12.6 Å². The van der Waals surface area contributed by atoms with Gasteiger partial charge in [-0.25, -0.2) is 0 Å². The van der Waals surface area contributed by atoms with E-state index < -0.39 is 0 Å². The summed E-state index contributed by atoms with van der Waals surface area (Å²) < 4.78 is 49.7. The zero-order chi connectivity index (χ0) is 33.2. The summed E-state index contributed by atoms with van der Waals surface area (Å²) in [6, 6.07) is 0. The van der Waals surface area contributed by atoms with Gasteiger partial charge in [0.25, 0.3) is 0 Å². The zero-order valence-corrected chi connectivity index (χ0v) is 30.2. The molecule has 0 aliphatic heterocycles. The number of hydrogen-bond acceptors (Lipinski definition) is 10. The first kappa shape index (κ1) is 43.6. The highest BCUT2D eigenvalue weighted by Gasteiger charge is 2.48. The van der Waals surface area contributed by atoms with Gasteiger partial charge < -0.3 is 47.4 Å². The van der Waals surface area contributed by atoms with Gasteiger partial charge in [-0.3, -0.25) is 0 Å². The fourth-order valence-electron chi connectivity index (χ4n) is 6.75. The van der Waals surface area contributed by atoms with Crippen LogP contribution >= 0.6 is 0 Å². The van der Waals surface area contributed by atoms with E-state index in [0.29, 0.717) is 38.5 Å². The summed E-state index contributed by atoms with van der Waals surface area (Å²) >= 11 is 0. The second kappa shape index (κ2) is 28.8. The highest BCUT2D eigenvalue weighted by Crippen LogP contribution is 2.54. The molecule has 0 radical (unpaired) electrons. The fourth-order valence-corrected chi connectivity index (χ4v) is 6.75. The molecule has 0 saturated heterocycles. The minimum absolute atomic E-state index is 0.0463. The maximum absolute atomic E-state index is 5.85. The van der Waals surface area contributed by atoms with E-state index in [1.807, 2.05) is 13.8 Å². The van der Waals surface area contributed by atoms with Crippen molar-refractivity contribution in [3.05, 3.63) is 0 Å². The van der Waals surface area contributed by atoms with Gasteiger partial charge in [0.1, 0.15) is 20.4 Å². The highest BCUT2D eigenvalue weighted by molar-refractivity contribution is 4.98. The van der Waals surface area contributed by atoms with Gasteiger partial charge in [-0.1, -0.05) is 33.1 Å². The molecule has 5 aliphatic rings. The van der Waals surface area contributed by atoms with E-state index in [1.54, 1.807) is 49.8 Å². The smallest absolute Gasteiger partial charge is 0.159 e. The minimum Gasteiger partial charge on any atom is -0.359 e. The van der Waals surface area contributed by atoms with Crippen LogP contribution in [0, 0.1) is 29.6 Å². The Labute approximate surface area is 270 Å². The van der Waals surface area contributed by atoms with Crippen LogP contribution in [0.25, 0.3) is 0 Å². The topological polar surface area (TPSA) is 92.3 Å². The van der Waals surface area contributed by atoms with Crippen LogP contribution in [0.4, 0.5) is 0 Å². The Morgan fingerprint density at radius 1 is 0.568 bits per heavy atom. The summed E-state index contributed by atoms with van der Waals surface area (Å²) in [6.45, 7) is 9.97. The number of methoxy groups -OCH3 is 7. The predicted molar refractivity (Wildman–Crippen MR) is 173 cm³/mol. The van der Waals surface area contributed by atoms with Gasteiger partial charge in [0, 0.05) is 62.3 Å². The van der Waals surface area contributed by atoms with Crippen molar-refractivity contribution in [3.63, 3.8) is 0 Å². The maximum atomic E-state index is 5.85. The first-order valence-corrected chi connectivity index (χ1v) is 16.6. The SMILES string of the molecule is CCOC(C)OC.COC(OC)C(C)C.COCOC.COCOC1C2CC3CC(C2)CC1C3.COCOC1CCCCC1. The molecule has 1 unspecified atom stereocenters. The maximum Gasteiger partial charge on any atom is 0.159 e. The lowest BCUT2D eigenvalue weighted by molar-refractivity contribution is -0.168. The second-order valence-corrected chi connectivity index (χ2v) is 12.3. The van der Waals surface area contributed by atoms with E-state index >= 15 is 0 Å². The third-order valence-corrected chi connectivity index (χ3v) is 8.47. The Balaban J connectivity index is 0.000000553. The van der Waals surface area contributed by atoms with Gasteiger partial charge in [0.2, 0.25) is 0 Å². The minimum atomic E-state index is -0.0509. The molecule has 0 amide bonds. The molecule has 44 heavy (non-hydrogen) atoms. The van der Waals surface area contributed by atoms with Gasteiger partial charge in [-0.05, 0) is 82.5 Å². The molecule has 0 spiro atoms. The highest BCUT2D eigenvalue weighted by atomic mass is 16.7. The zero-order valence-electron chi connectivity index (χ0n) is 30.2. The van der Waals surface area contributed by atoms with Crippen LogP contribution in [0.1, 0.15) is 91.9 Å². The molecule has 5 fully saturated rings. The Morgan fingerprint density at radius 3 is 1.36 bits per heavy atom. The quantitative estimate of drug-likeness (QED) is 0.187. The standard InChI is InChI=1S/C12H20O2.C8H16O2.C6H14O2.C5H12O2.C3H8O2/c1-13-7-14-12-10-3-8-2-9(5-10)6-11(12)4-8;1-9-7-10-8-5-3-2-4-6-8;1-5(2)6(7-3)8-4;1-4-7-5(2)6-3;1-4-3-5-2/h8-12H,2-7H2,1H3;8H,2-7H2,1H3;5-6H,1-4H3;5H,4H2,1-3H3;3H2,1-2H3. The number of ether oxygens (including phenoxy) is 10. The molecule has 10 nitrogen and oxygen atoms in total. The molecule has 1 atom stereocenters. The van der Waals surface area contributed by atoms with Crippen molar-refractivity contribution in [2.24, 2.45) is 29.6 Å². The van der Waals surface area contributed by atoms with Crippen LogP contribution in [0.5, 0.6) is 0 Å². The molecule has 0 aromatic rings. The van der Waals surface area contributed by atoms with E-state index in [-0.39, 0.29) is 12.6 Å². The van der Waals surface area contributed by atoms with E-state index in [1.165, 1.54) is 64.2 Å². The lowest BCUT2D eigenvalue weighted by Crippen LogP contribution is -2.49. The van der Waals surface area contributed by atoms with Crippen molar-refractivity contribution in [2.75, 3.05) is 76.8 Å². The lowest BCUT2D eigenvalue weighted by atomic mass is 9.55. The molecular formula is C34H70O10. The van der Waals surface area contributed by atoms with Gasteiger partial charge >= 0.3 is 0 Å². The molecule has 4 bridgehead atoms. The molecule has 10 heteroatoms. The molecule has 5 saturated carbocycles. The molecular weight excluding hydrogens is 568 g/mol. The van der Waals surface area contributed by atoms with E-state index in [0.717, 1.165) is 30.3 Å². The van der Waals surface area contributed by atoms with Gasteiger partial charge in [-0.15, -0.1) is 0 Å². The monoisotopic (exact) mass is 638 g/mol. The molecule has 0 heterocycles. The first-order chi connectivity index (χ1) is 21.2. The molecule has 0 aromatic carbocycles. The average molecular weight is 639 g/mol. The Bertz CT molecular complexity index is 569. The third-order valence-electron chi connectivity index (χ3n) is 8.47. The largest absolute Gasteiger partial charge is 0.359 e. The van der Waals surface area contributed by atoms with E-state index in [2.05, 4.69) is 23.3 Å². The van der Waals surface area contributed by atoms with Crippen LogP contribution in [-0.2, 0) is 47.4 Å². The Hall–Kier alpha value is -0.400. The lowest BCUT2D eigenvalue weighted by Gasteiger charge is -2.53. The fraction of sp³-hybridized carbons (Fsp3) is 1.00. The van der Waals surface area contributed by atoms with Crippen molar-refractivity contribution in [3.8, 4) is 0 Å². The van der Waals surface area contributed by atoms with Crippen LogP contribution in [0.15, 0.2) is 0 Å². The number of hydrogen-bond donors (Lipinski definition) is 0. The Kier molecular flexibility index (Phi) is 28.5. The van der Waals surface area contributed by atoms with Crippen LogP contribution in [-0.4, -0.2) is 102 Å². The normalized spacial score (nSPS) is 26.0. The second-order valence-electron chi connectivity index (χ2n) is 12.3. The average Bonchev–Trinajstić information content (AvgIpc) is 3.02.